The number of hydrogen-bond donors (Lipinski definition) is 2. The van der Waals surface area contributed by atoms with Crippen molar-refractivity contribution in [3.8, 4) is 16.9 Å². The molecule has 2 aromatic carbocycles. The van der Waals surface area contributed by atoms with Crippen LogP contribution >= 0.6 is 0 Å². The van der Waals surface area contributed by atoms with Crippen LogP contribution in [0.5, 0.6) is 5.75 Å². The molecule has 4 nitrogen and oxygen atoms in total. The van der Waals surface area contributed by atoms with E-state index in [4.69, 9.17) is 9.84 Å². The highest BCUT2D eigenvalue weighted by Crippen LogP contribution is 2.42. The summed E-state index contributed by atoms with van der Waals surface area (Å²) in [5, 5.41) is 12.3. The van der Waals surface area contributed by atoms with Gasteiger partial charge in [-0.15, -0.1) is 0 Å². The number of nitrogens with one attached hydrogen (secondary N) is 1. The van der Waals surface area contributed by atoms with Crippen LogP contribution in [0.2, 0.25) is 0 Å². The number of ether oxygens (including phenoxy) is 1. The lowest BCUT2D eigenvalue weighted by molar-refractivity contribution is -0.131. The second-order valence-electron chi connectivity index (χ2n) is 7.96. The highest BCUT2D eigenvalue weighted by atomic mass is 16.5. The second-order valence-corrected chi connectivity index (χ2v) is 7.96. The maximum absolute atomic E-state index is 10.9. The Balaban J connectivity index is 2.60. The van der Waals surface area contributed by atoms with Gasteiger partial charge in [-0.1, -0.05) is 52.0 Å². The van der Waals surface area contributed by atoms with Gasteiger partial charge in [-0.25, -0.2) is 4.79 Å². The van der Waals surface area contributed by atoms with Crippen molar-refractivity contribution in [2.75, 3.05) is 18.5 Å². The van der Waals surface area contributed by atoms with Crippen LogP contribution in [-0.2, 0) is 4.79 Å². The van der Waals surface area contributed by atoms with Crippen LogP contribution in [0.1, 0.15) is 64.5 Å². The molecule has 0 aliphatic heterocycles. The summed E-state index contributed by atoms with van der Waals surface area (Å²) < 4.78 is 6.13. The Morgan fingerprint density at radius 1 is 1.10 bits per heavy atom. The normalized spacial score (nSPS) is 11.8. The molecule has 0 spiro atoms. The van der Waals surface area contributed by atoms with E-state index < -0.39 is 5.97 Å². The third-order valence-corrected chi connectivity index (χ3v) is 4.86. The van der Waals surface area contributed by atoms with E-state index in [2.05, 4.69) is 51.2 Å². The van der Waals surface area contributed by atoms with Crippen LogP contribution in [0.3, 0.4) is 0 Å². The van der Waals surface area contributed by atoms with E-state index >= 15 is 0 Å². The van der Waals surface area contributed by atoms with Crippen LogP contribution in [-0.4, -0.2) is 24.2 Å². The number of benzene rings is 2. The van der Waals surface area contributed by atoms with Gasteiger partial charge in [0.15, 0.2) is 0 Å². The minimum absolute atomic E-state index is 0.342. The first-order chi connectivity index (χ1) is 13.7. The van der Waals surface area contributed by atoms with Crippen molar-refractivity contribution in [2.24, 2.45) is 0 Å². The molecule has 4 heteroatoms. The van der Waals surface area contributed by atoms with E-state index in [1.165, 1.54) is 17.2 Å². The van der Waals surface area contributed by atoms with E-state index in [-0.39, 0.29) is 0 Å². The van der Waals surface area contributed by atoms with Gasteiger partial charge >= 0.3 is 5.97 Å². The van der Waals surface area contributed by atoms with Crippen molar-refractivity contribution in [3.63, 3.8) is 0 Å². The number of para-hydroxylation sites is 1. The third kappa shape index (κ3) is 5.86. The van der Waals surface area contributed by atoms with Gasteiger partial charge in [0.2, 0.25) is 0 Å². The molecule has 0 radical (unpaired) electrons. The predicted octanol–water partition coefficient (Wildman–Crippen LogP) is 6.44. The summed E-state index contributed by atoms with van der Waals surface area (Å²) in [7, 11) is 0. The Bertz CT molecular complexity index is 882. The molecular formula is C25H33NO3. The summed E-state index contributed by atoms with van der Waals surface area (Å²) >= 11 is 0. The molecule has 0 aromatic heterocycles. The zero-order chi connectivity index (χ0) is 21.6. The third-order valence-electron chi connectivity index (χ3n) is 4.86. The molecule has 2 rings (SSSR count). The zero-order valence-corrected chi connectivity index (χ0v) is 18.4. The lowest BCUT2D eigenvalue weighted by atomic mass is 9.89. The average molecular weight is 396 g/mol. The van der Waals surface area contributed by atoms with E-state index in [1.807, 2.05) is 32.0 Å². The first-order valence-electron chi connectivity index (χ1n) is 10.3. The van der Waals surface area contributed by atoms with Gasteiger partial charge in [-0.3, -0.25) is 0 Å². The number of anilines is 1. The Hall–Kier alpha value is -2.75. The first-order valence-corrected chi connectivity index (χ1v) is 10.3. The molecule has 0 unspecified atom stereocenters. The zero-order valence-electron chi connectivity index (χ0n) is 18.4. The molecule has 0 aliphatic rings. The monoisotopic (exact) mass is 395 g/mol. The van der Waals surface area contributed by atoms with Crippen molar-refractivity contribution in [2.45, 2.75) is 53.4 Å². The number of carboxylic acids is 1. The molecule has 0 bridgehead atoms. The largest absolute Gasteiger partial charge is 0.493 e. The molecule has 0 saturated carbocycles. The quantitative estimate of drug-likeness (QED) is 0.480. The molecule has 0 saturated heterocycles. The fourth-order valence-electron chi connectivity index (χ4n) is 3.31. The van der Waals surface area contributed by atoms with E-state index in [0.717, 1.165) is 28.1 Å². The van der Waals surface area contributed by atoms with Gasteiger partial charge in [-0.05, 0) is 54.5 Å². The van der Waals surface area contributed by atoms with Crippen molar-refractivity contribution in [3.05, 3.63) is 59.2 Å². The fourth-order valence-corrected chi connectivity index (χ4v) is 3.31. The Morgan fingerprint density at radius 3 is 2.38 bits per heavy atom. The standard InChI is InChI=1S/C25H33NO3/c1-7-29-25-21(17(4)5)13-19(16(2)3)14-22(25)20-10-8-9-11-23(20)26-15-18(6)12-24(27)28/h8-14,16-17,26H,7,15H2,1-6H3,(H,27,28)/b18-12+. The van der Waals surface area contributed by atoms with Gasteiger partial charge in [0, 0.05) is 29.4 Å². The second kappa shape index (κ2) is 10.1. The van der Waals surface area contributed by atoms with Gasteiger partial charge in [-0.2, -0.15) is 0 Å². The summed E-state index contributed by atoms with van der Waals surface area (Å²) in [4.78, 5) is 10.9. The van der Waals surface area contributed by atoms with Crippen LogP contribution in [0.15, 0.2) is 48.0 Å². The van der Waals surface area contributed by atoms with Crippen LogP contribution in [0.25, 0.3) is 11.1 Å². The van der Waals surface area contributed by atoms with Crippen LogP contribution < -0.4 is 10.1 Å². The van der Waals surface area contributed by atoms with Crippen LogP contribution in [0.4, 0.5) is 5.69 Å². The molecule has 0 amide bonds. The molecular weight excluding hydrogens is 362 g/mol. The van der Waals surface area contributed by atoms with E-state index in [1.54, 1.807) is 0 Å². The average Bonchev–Trinajstić information content (AvgIpc) is 2.66. The Morgan fingerprint density at radius 2 is 1.79 bits per heavy atom. The smallest absolute Gasteiger partial charge is 0.328 e. The maximum atomic E-state index is 10.9. The number of rotatable bonds is 9. The molecule has 0 atom stereocenters. The number of hydrogen-bond acceptors (Lipinski definition) is 3. The summed E-state index contributed by atoms with van der Waals surface area (Å²) in [6, 6.07) is 12.6. The summed E-state index contributed by atoms with van der Waals surface area (Å²) in [6.45, 7) is 13.7. The van der Waals surface area contributed by atoms with Crippen LogP contribution in [0, 0.1) is 0 Å². The Kier molecular flexibility index (Phi) is 7.89. The van der Waals surface area contributed by atoms with Crippen molar-refractivity contribution in [1.82, 2.24) is 0 Å². The van der Waals surface area contributed by atoms with Crippen molar-refractivity contribution < 1.29 is 14.6 Å². The molecule has 2 aromatic rings. The Labute approximate surface area is 174 Å². The maximum Gasteiger partial charge on any atom is 0.328 e. The molecule has 0 fully saturated rings. The lowest BCUT2D eigenvalue weighted by Crippen LogP contribution is -2.07. The van der Waals surface area contributed by atoms with E-state index in [9.17, 15) is 4.79 Å². The van der Waals surface area contributed by atoms with Gasteiger partial charge < -0.3 is 15.2 Å². The molecule has 0 heterocycles. The fraction of sp³-hybridized carbons (Fsp3) is 0.400. The van der Waals surface area contributed by atoms with Gasteiger partial charge in [0.25, 0.3) is 0 Å². The highest BCUT2D eigenvalue weighted by Gasteiger charge is 2.19. The number of carboxylic acid groups (broad SMARTS) is 1. The highest BCUT2D eigenvalue weighted by molar-refractivity contribution is 5.84. The van der Waals surface area contributed by atoms with Crippen molar-refractivity contribution >= 4 is 11.7 Å². The lowest BCUT2D eigenvalue weighted by Gasteiger charge is -2.22. The topological polar surface area (TPSA) is 58.6 Å². The predicted molar refractivity (Wildman–Crippen MR) is 121 cm³/mol. The van der Waals surface area contributed by atoms with Crippen molar-refractivity contribution in [1.29, 1.82) is 0 Å². The summed E-state index contributed by atoms with van der Waals surface area (Å²) in [6.07, 6.45) is 1.23. The number of aliphatic carboxylic acids is 1. The molecule has 29 heavy (non-hydrogen) atoms. The minimum Gasteiger partial charge on any atom is -0.493 e. The molecule has 156 valence electrons. The minimum atomic E-state index is -0.928. The first kappa shape index (κ1) is 22.5. The van der Waals surface area contributed by atoms with E-state index in [0.29, 0.717) is 25.0 Å². The van der Waals surface area contributed by atoms with Gasteiger partial charge in [0.05, 0.1) is 6.61 Å². The SMILES string of the molecule is CCOc1c(-c2ccccc2NC/C(C)=C/C(=O)O)cc(C(C)C)cc1C(C)C. The summed E-state index contributed by atoms with van der Waals surface area (Å²) in [5.74, 6) is 0.749. The molecule has 0 aliphatic carbocycles. The number of carbonyl (C=O) groups is 1. The van der Waals surface area contributed by atoms with Gasteiger partial charge in [0.1, 0.15) is 5.75 Å². The molecule has 2 N–H and O–H groups in total. The summed E-state index contributed by atoms with van der Waals surface area (Å²) in [5.41, 5.74) is 6.35.